The maximum Gasteiger partial charge on any atom is 0.335 e. The molecular formula is C13H14N2O3. The van der Waals surface area contributed by atoms with Crippen LogP contribution in [0.4, 0.5) is 5.69 Å². The molecule has 1 aromatic rings. The highest BCUT2D eigenvalue weighted by molar-refractivity contribution is 6.13. The number of benzene rings is 1. The summed E-state index contributed by atoms with van der Waals surface area (Å²) in [4.78, 5) is 22.7. The Morgan fingerprint density at radius 3 is 2.94 bits per heavy atom. The van der Waals surface area contributed by atoms with E-state index in [-0.39, 0.29) is 11.5 Å². The number of hydrogen-bond donors (Lipinski definition) is 1. The maximum atomic E-state index is 11.8. The lowest BCUT2D eigenvalue weighted by molar-refractivity contribution is -0.116. The van der Waals surface area contributed by atoms with Gasteiger partial charge in [0.2, 0.25) is 0 Å². The van der Waals surface area contributed by atoms with E-state index in [0.717, 1.165) is 18.6 Å². The van der Waals surface area contributed by atoms with Crippen LogP contribution in [0, 0.1) is 0 Å². The Bertz CT molecular complexity index is 523. The highest BCUT2D eigenvalue weighted by Gasteiger charge is 2.24. The van der Waals surface area contributed by atoms with E-state index in [9.17, 15) is 9.59 Å². The van der Waals surface area contributed by atoms with Crippen LogP contribution in [-0.4, -0.2) is 22.7 Å². The molecule has 0 aliphatic carbocycles. The number of carboxylic acids is 1. The predicted molar refractivity (Wildman–Crippen MR) is 67.8 cm³/mol. The molecule has 0 spiro atoms. The molecule has 2 rings (SSSR count). The Labute approximate surface area is 105 Å². The molecule has 0 bridgehead atoms. The van der Waals surface area contributed by atoms with Gasteiger partial charge in [0, 0.05) is 5.71 Å². The molecule has 1 aliphatic rings. The van der Waals surface area contributed by atoms with Crippen molar-refractivity contribution in [3.8, 4) is 0 Å². The summed E-state index contributed by atoms with van der Waals surface area (Å²) in [6.07, 6.45) is 2.06. The lowest BCUT2D eigenvalue weighted by Gasteiger charge is -2.11. The Kier molecular flexibility index (Phi) is 3.41. The van der Waals surface area contributed by atoms with E-state index in [2.05, 4.69) is 5.10 Å². The van der Waals surface area contributed by atoms with Crippen LogP contribution in [0.2, 0.25) is 0 Å². The van der Waals surface area contributed by atoms with Crippen molar-refractivity contribution < 1.29 is 14.7 Å². The van der Waals surface area contributed by atoms with Crippen LogP contribution in [0.5, 0.6) is 0 Å². The second-order valence-electron chi connectivity index (χ2n) is 4.15. The highest BCUT2D eigenvalue weighted by atomic mass is 16.4. The van der Waals surface area contributed by atoms with Gasteiger partial charge in [-0.3, -0.25) is 4.79 Å². The molecule has 0 saturated heterocycles. The summed E-state index contributed by atoms with van der Waals surface area (Å²) in [5.74, 6) is -1.12. The third-order valence-corrected chi connectivity index (χ3v) is 2.71. The van der Waals surface area contributed by atoms with Gasteiger partial charge >= 0.3 is 5.97 Å². The summed E-state index contributed by atoms with van der Waals surface area (Å²) >= 11 is 0. The van der Waals surface area contributed by atoms with E-state index in [1.165, 1.54) is 17.1 Å². The van der Waals surface area contributed by atoms with E-state index in [1.807, 2.05) is 6.92 Å². The molecule has 5 nitrogen and oxygen atoms in total. The van der Waals surface area contributed by atoms with Crippen molar-refractivity contribution in [2.45, 2.75) is 26.2 Å². The largest absolute Gasteiger partial charge is 0.478 e. The summed E-state index contributed by atoms with van der Waals surface area (Å²) in [6.45, 7) is 2.03. The zero-order chi connectivity index (χ0) is 13.1. The van der Waals surface area contributed by atoms with Gasteiger partial charge in [-0.15, -0.1) is 0 Å². The molecule has 0 atom stereocenters. The molecule has 18 heavy (non-hydrogen) atoms. The quantitative estimate of drug-likeness (QED) is 0.885. The van der Waals surface area contributed by atoms with E-state index in [1.54, 1.807) is 12.1 Å². The number of carbonyl (C=O) groups excluding carboxylic acids is 1. The molecule has 0 fully saturated rings. The minimum Gasteiger partial charge on any atom is -0.478 e. The number of aromatic carboxylic acids is 1. The molecule has 0 radical (unpaired) electrons. The van der Waals surface area contributed by atoms with Crippen molar-refractivity contribution in [2.24, 2.45) is 5.10 Å². The minimum absolute atomic E-state index is 0.110. The Balaban J connectivity index is 2.28. The first-order chi connectivity index (χ1) is 8.61. The van der Waals surface area contributed by atoms with Gasteiger partial charge in [0.1, 0.15) is 0 Å². The highest BCUT2D eigenvalue weighted by Crippen LogP contribution is 2.22. The molecule has 1 amide bonds. The normalized spacial score (nSPS) is 14.8. The molecule has 5 heteroatoms. The predicted octanol–water partition coefficient (Wildman–Crippen LogP) is 2.28. The first kappa shape index (κ1) is 12.3. The number of anilines is 1. The third kappa shape index (κ3) is 2.40. The topological polar surface area (TPSA) is 70.0 Å². The second-order valence-corrected chi connectivity index (χ2v) is 4.15. The monoisotopic (exact) mass is 246 g/mol. The van der Waals surface area contributed by atoms with Gasteiger partial charge in [0.05, 0.1) is 17.7 Å². The van der Waals surface area contributed by atoms with Crippen molar-refractivity contribution in [1.29, 1.82) is 0 Å². The van der Waals surface area contributed by atoms with Crippen LogP contribution in [0.25, 0.3) is 0 Å². The summed E-state index contributed by atoms with van der Waals surface area (Å²) in [5.41, 5.74) is 1.51. The van der Waals surface area contributed by atoms with Crippen LogP contribution in [0.3, 0.4) is 0 Å². The zero-order valence-corrected chi connectivity index (χ0v) is 10.1. The molecular weight excluding hydrogens is 232 g/mol. The van der Waals surface area contributed by atoms with Gasteiger partial charge in [-0.1, -0.05) is 19.4 Å². The fraction of sp³-hybridized carbons (Fsp3) is 0.308. The third-order valence-electron chi connectivity index (χ3n) is 2.71. The number of nitrogens with zero attached hydrogens (tertiary/aromatic N) is 2. The van der Waals surface area contributed by atoms with Crippen LogP contribution in [0.15, 0.2) is 29.4 Å². The molecule has 0 saturated carbocycles. The Hall–Kier alpha value is -2.17. The van der Waals surface area contributed by atoms with Crippen molar-refractivity contribution in [3.63, 3.8) is 0 Å². The SMILES string of the molecule is CCCC1=NN(c2cccc(C(=O)O)c2)C(=O)C1. The number of carboxylic acid groups (broad SMARTS) is 1. The fourth-order valence-electron chi connectivity index (χ4n) is 1.88. The average molecular weight is 246 g/mol. The zero-order valence-electron chi connectivity index (χ0n) is 10.1. The summed E-state index contributed by atoms with van der Waals surface area (Å²) < 4.78 is 0. The minimum atomic E-state index is -1.01. The number of amides is 1. The van der Waals surface area contributed by atoms with Crippen molar-refractivity contribution >= 4 is 23.3 Å². The van der Waals surface area contributed by atoms with E-state index >= 15 is 0 Å². The van der Waals surface area contributed by atoms with Crippen molar-refractivity contribution in [2.75, 3.05) is 5.01 Å². The van der Waals surface area contributed by atoms with E-state index in [0.29, 0.717) is 12.1 Å². The molecule has 1 aromatic carbocycles. The first-order valence-corrected chi connectivity index (χ1v) is 5.84. The summed E-state index contributed by atoms with van der Waals surface area (Å²) in [6, 6.07) is 6.24. The van der Waals surface area contributed by atoms with Gasteiger partial charge in [-0.25, -0.2) is 9.80 Å². The van der Waals surface area contributed by atoms with E-state index in [4.69, 9.17) is 5.11 Å². The number of hydrazone groups is 1. The van der Waals surface area contributed by atoms with Gasteiger partial charge in [-0.2, -0.15) is 5.10 Å². The standard InChI is InChI=1S/C13H14N2O3/c1-2-4-10-8-12(16)15(14-10)11-6-3-5-9(7-11)13(17)18/h3,5-7H,2,4,8H2,1H3,(H,17,18). The molecule has 1 aliphatic heterocycles. The van der Waals surface area contributed by atoms with Crippen molar-refractivity contribution in [3.05, 3.63) is 29.8 Å². The second kappa shape index (κ2) is 5.00. The van der Waals surface area contributed by atoms with Crippen LogP contribution < -0.4 is 5.01 Å². The fourth-order valence-corrected chi connectivity index (χ4v) is 1.88. The molecule has 1 heterocycles. The smallest absolute Gasteiger partial charge is 0.335 e. The number of hydrogen-bond acceptors (Lipinski definition) is 3. The number of carbonyl (C=O) groups is 2. The molecule has 0 aromatic heterocycles. The van der Waals surface area contributed by atoms with Crippen LogP contribution >= 0.6 is 0 Å². The summed E-state index contributed by atoms with van der Waals surface area (Å²) in [7, 11) is 0. The van der Waals surface area contributed by atoms with Gasteiger partial charge in [0.25, 0.3) is 5.91 Å². The first-order valence-electron chi connectivity index (χ1n) is 5.84. The lowest BCUT2D eigenvalue weighted by Crippen LogP contribution is -2.19. The molecule has 94 valence electrons. The van der Waals surface area contributed by atoms with E-state index < -0.39 is 5.97 Å². The van der Waals surface area contributed by atoms with Gasteiger partial charge in [0.15, 0.2) is 0 Å². The van der Waals surface area contributed by atoms with Gasteiger partial charge in [-0.05, 0) is 24.6 Å². The van der Waals surface area contributed by atoms with Crippen molar-refractivity contribution in [1.82, 2.24) is 0 Å². The van der Waals surface area contributed by atoms with Crippen LogP contribution in [-0.2, 0) is 4.79 Å². The summed E-state index contributed by atoms with van der Waals surface area (Å²) in [5, 5.41) is 14.4. The van der Waals surface area contributed by atoms with Gasteiger partial charge < -0.3 is 5.11 Å². The Morgan fingerprint density at radius 1 is 1.50 bits per heavy atom. The lowest BCUT2D eigenvalue weighted by atomic mass is 10.1. The average Bonchev–Trinajstić information content (AvgIpc) is 2.71. The maximum absolute atomic E-state index is 11.8. The Morgan fingerprint density at radius 2 is 2.28 bits per heavy atom. The number of rotatable bonds is 4. The van der Waals surface area contributed by atoms with Crippen LogP contribution in [0.1, 0.15) is 36.5 Å². The molecule has 0 unspecified atom stereocenters. The molecule has 1 N–H and O–H groups in total.